The van der Waals surface area contributed by atoms with Crippen LogP contribution in [0, 0.1) is 5.92 Å². The zero-order valence-corrected chi connectivity index (χ0v) is 10.8. The second-order valence-electron chi connectivity index (χ2n) is 4.54. The summed E-state index contributed by atoms with van der Waals surface area (Å²) in [7, 11) is 3.10. The number of esters is 1. The number of hydrogen-bond donors (Lipinski definition) is 1. The molecular formula is C14H19NO3. The van der Waals surface area contributed by atoms with Crippen LogP contribution in [-0.2, 0) is 9.53 Å². The fraction of sp³-hybridized carbons (Fsp3) is 0.500. The Morgan fingerprint density at radius 3 is 2.56 bits per heavy atom. The molecule has 0 radical (unpaired) electrons. The van der Waals surface area contributed by atoms with Gasteiger partial charge in [-0.25, -0.2) is 0 Å². The summed E-state index contributed by atoms with van der Waals surface area (Å²) in [5.41, 5.74) is 1.01. The predicted molar refractivity (Wildman–Crippen MR) is 69.8 cm³/mol. The van der Waals surface area contributed by atoms with Crippen molar-refractivity contribution in [2.75, 3.05) is 19.5 Å². The second kappa shape index (κ2) is 5.76. The maximum absolute atomic E-state index is 11.6. The van der Waals surface area contributed by atoms with Gasteiger partial charge in [0.25, 0.3) is 0 Å². The third kappa shape index (κ3) is 2.75. The lowest BCUT2D eigenvalue weighted by atomic mass is 10.0. The molecule has 0 bridgehead atoms. The molecule has 0 aliphatic heterocycles. The van der Waals surface area contributed by atoms with E-state index in [-0.39, 0.29) is 17.9 Å². The normalized spacial score (nSPS) is 22.6. The van der Waals surface area contributed by atoms with Gasteiger partial charge in [-0.05, 0) is 37.1 Å². The third-order valence-corrected chi connectivity index (χ3v) is 3.46. The Balaban J connectivity index is 2.01. The number of ether oxygens (including phenoxy) is 2. The Bertz CT molecular complexity index is 402. The standard InChI is InChI=1S/C14H19NO3/c1-17-11-8-6-10(7-9-11)15-13-5-3-4-12(13)14(16)18-2/h6-9,12-13,15H,3-5H2,1-2H3/t12-,13+/m0/s1. The highest BCUT2D eigenvalue weighted by Gasteiger charge is 2.33. The average molecular weight is 249 g/mol. The Labute approximate surface area is 107 Å². The molecule has 0 unspecified atom stereocenters. The summed E-state index contributed by atoms with van der Waals surface area (Å²) in [6.07, 6.45) is 2.97. The Morgan fingerprint density at radius 1 is 1.22 bits per heavy atom. The van der Waals surface area contributed by atoms with Crippen LogP contribution in [0.1, 0.15) is 19.3 Å². The average Bonchev–Trinajstić information content (AvgIpc) is 2.87. The molecule has 0 heterocycles. The molecule has 1 N–H and O–H groups in total. The van der Waals surface area contributed by atoms with Crippen LogP contribution < -0.4 is 10.1 Å². The van der Waals surface area contributed by atoms with Crippen LogP contribution in [0.3, 0.4) is 0 Å². The summed E-state index contributed by atoms with van der Waals surface area (Å²) in [5.74, 6) is 0.687. The molecule has 1 aliphatic carbocycles. The van der Waals surface area contributed by atoms with Gasteiger partial charge in [0.1, 0.15) is 5.75 Å². The van der Waals surface area contributed by atoms with Crippen molar-refractivity contribution in [3.05, 3.63) is 24.3 Å². The summed E-state index contributed by atoms with van der Waals surface area (Å²) in [4.78, 5) is 11.6. The molecule has 0 amide bonds. The quantitative estimate of drug-likeness (QED) is 0.833. The van der Waals surface area contributed by atoms with E-state index >= 15 is 0 Å². The van der Waals surface area contributed by atoms with Gasteiger partial charge in [-0.3, -0.25) is 4.79 Å². The molecule has 98 valence electrons. The Kier molecular flexibility index (Phi) is 4.07. The van der Waals surface area contributed by atoms with Crippen LogP contribution in [0.25, 0.3) is 0 Å². The molecule has 18 heavy (non-hydrogen) atoms. The number of carbonyl (C=O) groups is 1. The highest BCUT2D eigenvalue weighted by molar-refractivity contribution is 5.74. The lowest BCUT2D eigenvalue weighted by Gasteiger charge is -2.20. The van der Waals surface area contributed by atoms with Crippen LogP contribution in [0.5, 0.6) is 5.75 Å². The van der Waals surface area contributed by atoms with E-state index in [4.69, 9.17) is 9.47 Å². The predicted octanol–water partition coefficient (Wildman–Crippen LogP) is 2.45. The molecule has 4 nitrogen and oxygen atoms in total. The first-order chi connectivity index (χ1) is 8.74. The maximum Gasteiger partial charge on any atom is 0.310 e. The van der Waals surface area contributed by atoms with Crippen molar-refractivity contribution < 1.29 is 14.3 Å². The molecule has 1 aliphatic rings. The monoisotopic (exact) mass is 249 g/mol. The topological polar surface area (TPSA) is 47.6 Å². The first-order valence-electron chi connectivity index (χ1n) is 6.23. The maximum atomic E-state index is 11.6. The van der Waals surface area contributed by atoms with E-state index in [1.165, 1.54) is 7.11 Å². The second-order valence-corrected chi connectivity index (χ2v) is 4.54. The molecule has 0 spiro atoms. The van der Waals surface area contributed by atoms with Gasteiger partial charge in [-0.15, -0.1) is 0 Å². The molecule has 0 aromatic heterocycles. The highest BCUT2D eigenvalue weighted by atomic mass is 16.5. The first kappa shape index (κ1) is 12.7. The minimum absolute atomic E-state index is 0.0305. The first-order valence-corrected chi connectivity index (χ1v) is 6.23. The van der Waals surface area contributed by atoms with Crippen LogP contribution in [0.2, 0.25) is 0 Å². The van der Waals surface area contributed by atoms with Gasteiger partial charge in [0.2, 0.25) is 0 Å². The number of benzene rings is 1. The van der Waals surface area contributed by atoms with Crippen LogP contribution in [0.4, 0.5) is 5.69 Å². The molecular weight excluding hydrogens is 230 g/mol. The summed E-state index contributed by atoms with van der Waals surface area (Å²) in [5, 5.41) is 3.40. The zero-order valence-electron chi connectivity index (χ0n) is 10.8. The lowest BCUT2D eigenvalue weighted by molar-refractivity contribution is -0.145. The number of methoxy groups -OCH3 is 2. The van der Waals surface area contributed by atoms with E-state index in [2.05, 4.69) is 5.32 Å². The fourth-order valence-electron chi connectivity index (χ4n) is 2.47. The summed E-state index contributed by atoms with van der Waals surface area (Å²) < 4.78 is 9.95. The van der Waals surface area contributed by atoms with E-state index in [9.17, 15) is 4.79 Å². The zero-order chi connectivity index (χ0) is 13.0. The van der Waals surface area contributed by atoms with E-state index in [1.807, 2.05) is 24.3 Å². The van der Waals surface area contributed by atoms with E-state index in [1.54, 1.807) is 7.11 Å². The van der Waals surface area contributed by atoms with E-state index in [0.29, 0.717) is 0 Å². The van der Waals surface area contributed by atoms with Gasteiger partial charge >= 0.3 is 5.97 Å². The summed E-state index contributed by atoms with van der Waals surface area (Å²) >= 11 is 0. The number of nitrogens with one attached hydrogen (secondary N) is 1. The van der Waals surface area contributed by atoms with Crippen LogP contribution >= 0.6 is 0 Å². The summed E-state index contributed by atoms with van der Waals surface area (Å²) in [6.45, 7) is 0. The molecule has 2 rings (SSSR count). The molecule has 2 atom stereocenters. The van der Waals surface area contributed by atoms with Crippen molar-refractivity contribution >= 4 is 11.7 Å². The van der Waals surface area contributed by atoms with Gasteiger partial charge < -0.3 is 14.8 Å². The minimum Gasteiger partial charge on any atom is -0.497 e. The van der Waals surface area contributed by atoms with Gasteiger partial charge in [0.15, 0.2) is 0 Å². The molecule has 4 heteroatoms. The largest absolute Gasteiger partial charge is 0.497 e. The number of rotatable bonds is 4. The molecule has 1 saturated carbocycles. The Morgan fingerprint density at radius 2 is 1.94 bits per heavy atom. The Hall–Kier alpha value is -1.71. The smallest absolute Gasteiger partial charge is 0.310 e. The molecule has 1 aromatic carbocycles. The van der Waals surface area contributed by atoms with Crippen molar-refractivity contribution in [3.8, 4) is 5.75 Å². The van der Waals surface area contributed by atoms with Crippen LogP contribution in [0.15, 0.2) is 24.3 Å². The number of carbonyl (C=O) groups excluding carboxylic acids is 1. The third-order valence-electron chi connectivity index (χ3n) is 3.46. The molecule has 0 saturated heterocycles. The van der Waals surface area contributed by atoms with Gasteiger partial charge in [-0.2, -0.15) is 0 Å². The lowest BCUT2D eigenvalue weighted by Crippen LogP contribution is -2.30. The van der Waals surface area contributed by atoms with Crippen molar-refractivity contribution in [1.29, 1.82) is 0 Å². The number of hydrogen-bond acceptors (Lipinski definition) is 4. The number of anilines is 1. The highest BCUT2D eigenvalue weighted by Crippen LogP contribution is 2.29. The van der Waals surface area contributed by atoms with Crippen molar-refractivity contribution in [2.24, 2.45) is 5.92 Å². The SMILES string of the molecule is COC(=O)[C@H]1CCC[C@H]1Nc1ccc(OC)cc1. The van der Waals surface area contributed by atoms with Crippen molar-refractivity contribution in [2.45, 2.75) is 25.3 Å². The molecule has 1 aromatic rings. The molecule has 1 fully saturated rings. The van der Waals surface area contributed by atoms with Crippen molar-refractivity contribution in [3.63, 3.8) is 0 Å². The van der Waals surface area contributed by atoms with Gasteiger partial charge in [-0.1, -0.05) is 6.42 Å². The fourth-order valence-corrected chi connectivity index (χ4v) is 2.47. The van der Waals surface area contributed by atoms with Crippen molar-refractivity contribution in [1.82, 2.24) is 0 Å². The van der Waals surface area contributed by atoms with Gasteiger partial charge in [0, 0.05) is 11.7 Å². The minimum atomic E-state index is -0.112. The van der Waals surface area contributed by atoms with E-state index in [0.717, 1.165) is 30.7 Å². The van der Waals surface area contributed by atoms with E-state index < -0.39 is 0 Å². The van der Waals surface area contributed by atoms with Gasteiger partial charge in [0.05, 0.1) is 20.1 Å². The van der Waals surface area contributed by atoms with Crippen LogP contribution in [-0.4, -0.2) is 26.2 Å². The summed E-state index contributed by atoms with van der Waals surface area (Å²) in [6, 6.07) is 7.91.